The summed E-state index contributed by atoms with van der Waals surface area (Å²) in [5, 5.41) is 12.5. The van der Waals surface area contributed by atoms with Crippen LogP contribution in [0.3, 0.4) is 0 Å². The van der Waals surface area contributed by atoms with Gasteiger partial charge in [-0.3, -0.25) is 0 Å². The van der Waals surface area contributed by atoms with Gasteiger partial charge >= 0.3 is 0 Å². The number of nitrogens with zero attached hydrogens (tertiary/aromatic N) is 2. The first kappa shape index (κ1) is 12.7. The molecule has 1 heterocycles. The van der Waals surface area contributed by atoms with Crippen LogP contribution in [-0.2, 0) is 0 Å². The molecule has 0 bridgehead atoms. The number of nitrogen functional groups attached to an aromatic ring is 1. The zero-order valence-electron chi connectivity index (χ0n) is 11.0. The van der Waals surface area contributed by atoms with Crippen LogP contribution < -0.4 is 11.1 Å². The average Bonchev–Trinajstić information content (AvgIpc) is 2.35. The Balaban J connectivity index is 2.08. The molecule has 1 aromatic rings. The highest BCUT2D eigenvalue weighted by molar-refractivity contribution is 5.62. The van der Waals surface area contributed by atoms with E-state index in [-0.39, 0.29) is 0 Å². The molecule has 0 saturated carbocycles. The molecule has 0 radical (unpaired) electrons. The maximum Gasteiger partial charge on any atom is 0.101 e. The van der Waals surface area contributed by atoms with Crippen molar-refractivity contribution >= 4 is 11.4 Å². The van der Waals surface area contributed by atoms with Crippen LogP contribution in [-0.4, -0.2) is 31.1 Å². The minimum atomic E-state index is 0.469. The molecule has 2 rings (SSSR count). The quantitative estimate of drug-likeness (QED) is 0.780. The van der Waals surface area contributed by atoms with Crippen molar-refractivity contribution in [1.82, 2.24) is 4.90 Å². The summed E-state index contributed by atoms with van der Waals surface area (Å²) in [5.74, 6) is 0.604. The van der Waals surface area contributed by atoms with Crippen LogP contribution in [0.2, 0.25) is 0 Å². The number of nitrogens with one attached hydrogen (secondary N) is 1. The molecule has 1 fully saturated rings. The lowest BCUT2D eigenvalue weighted by atomic mass is 9.94. The molecule has 1 saturated heterocycles. The topological polar surface area (TPSA) is 65.1 Å². The molecule has 18 heavy (non-hydrogen) atoms. The van der Waals surface area contributed by atoms with Crippen molar-refractivity contribution in [1.29, 1.82) is 5.26 Å². The van der Waals surface area contributed by atoms with Gasteiger partial charge in [0.1, 0.15) is 6.07 Å². The summed E-state index contributed by atoms with van der Waals surface area (Å²) in [7, 11) is 2.16. The lowest BCUT2D eigenvalue weighted by molar-refractivity contribution is 0.206. The minimum Gasteiger partial charge on any atom is -0.398 e. The third kappa shape index (κ3) is 2.74. The minimum absolute atomic E-state index is 0.469. The Kier molecular flexibility index (Phi) is 3.73. The number of anilines is 2. The van der Waals surface area contributed by atoms with Crippen LogP contribution in [0.4, 0.5) is 11.4 Å². The zero-order valence-corrected chi connectivity index (χ0v) is 11.0. The van der Waals surface area contributed by atoms with E-state index >= 15 is 0 Å². The standard InChI is InChI=1S/C14H20N4/c1-10-9-18(2)6-5-14(10)17-12-3-4-13(16)11(7-12)8-15/h3-4,7,10,14,17H,5-6,9,16H2,1-2H3. The molecule has 0 spiro atoms. The summed E-state index contributed by atoms with van der Waals surface area (Å²) in [4.78, 5) is 2.35. The molecule has 2 unspecified atom stereocenters. The van der Waals surface area contributed by atoms with E-state index < -0.39 is 0 Å². The summed E-state index contributed by atoms with van der Waals surface area (Å²) in [6.45, 7) is 4.48. The van der Waals surface area contributed by atoms with E-state index in [2.05, 4.69) is 30.3 Å². The van der Waals surface area contributed by atoms with Gasteiger partial charge < -0.3 is 16.0 Å². The summed E-state index contributed by atoms with van der Waals surface area (Å²) >= 11 is 0. The summed E-state index contributed by atoms with van der Waals surface area (Å²) in [6.07, 6.45) is 1.13. The average molecular weight is 244 g/mol. The van der Waals surface area contributed by atoms with Gasteiger partial charge in [0.05, 0.1) is 5.56 Å². The van der Waals surface area contributed by atoms with Crippen molar-refractivity contribution in [3.05, 3.63) is 23.8 Å². The fourth-order valence-electron chi connectivity index (χ4n) is 2.53. The van der Waals surface area contributed by atoms with Crippen LogP contribution in [0.5, 0.6) is 0 Å². The molecule has 4 heteroatoms. The van der Waals surface area contributed by atoms with E-state index in [0.717, 1.165) is 25.2 Å². The SMILES string of the molecule is CC1CN(C)CCC1Nc1ccc(N)c(C#N)c1. The molecule has 3 N–H and O–H groups in total. The van der Waals surface area contributed by atoms with Gasteiger partial charge in [-0.05, 0) is 44.1 Å². The molecule has 1 aliphatic heterocycles. The highest BCUT2D eigenvalue weighted by atomic mass is 15.1. The lowest BCUT2D eigenvalue weighted by Gasteiger charge is -2.35. The molecular weight excluding hydrogens is 224 g/mol. The molecule has 1 aromatic carbocycles. The maximum atomic E-state index is 8.97. The van der Waals surface area contributed by atoms with Crippen LogP contribution in [0.15, 0.2) is 18.2 Å². The van der Waals surface area contributed by atoms with Crippen LogP contribution in [0.25, 0.3) is 0 Å². The van der Waals surface area contributed by atoms with Gasteiger partial charge in [0.15, 0.2) is 0 Å². The Hall–Kier alpha value is -1.73. The lowest BCUT2D eigenvalue weighted by Crippen LogP contribution is -2.43. The third-order valence-electron chi connectivity index (χ3n) is 3.63. The maximum absolute atomic E-state index is 8.97. The van der Waals surface area contributed by atoms with Gasteiger partial charge in [0, 0.05) is 24.0 Å². The largest absolute Gasteiger partial charge is 0.398 e. The number of hydrogen-bond donors (Lipinski definition) is 2. The summed E-state index contributed by atoms with van der Waals surface area (Å²) in [5.41, 5.74) is 7.79. The first-order valence-corrected chi connectivity index (χ1v) is 6.35. The Morgan fingerprint density at radius 1 is 1.50 bits per heavy atom. The van der Waals surface area contributed by atoms with Gasteiger partial charge in [-0.1, -0.05) is 6.92 Å². The number of nitrogens with two attached hydrogens (primary N) is 1. The normalized spacial score (nSPS) is 24.5. The van der Waals surface area contributed by atoms with E-state index in [1.54, 1.807) is 6.07 Å². The van der Waals surface area contributed by atoms with Gasteiger partial charge in [-0.2, -0.15) is 5.26 Å². The Morgan fingerprint density at radius 2 is 2.28 bits per heavy atom. The van der Waals surface area contributed by atoms with Crippen LogP contribution >= 0.6 is 0 Å². The van der Waals surface area contributed by atoms with E-state index in [9.17, 15) is 0 Å². The number of hydrogen-bond acceptors (Lipinski definition) is 4. The predicted molar refractivity (Wildman–Crippen MR) is 74.3 cm³/mol. The Morgan fingerprint density at radius 3 is 2.94 bits per heavy atom. The number of benzene rings is 1. The highest BCUT2D eigenvalue weighted by Gasteiger charge is 2.23. The van der Waals surface area contributed by atoms with Crippen molar-refractivity contribution < 1.29 is 0 Å². The van der Waals surface area contributed by atoms with Crippen molar-refractivity contribution in [2.24, 2.45) is 5.92 Å². The molecule has 2 atom stereocenters. The number of rotatable bonds is 2. The second-order valence-corrected chi connectivity index (χ2v) is 5.19. The van der Waals surface area contributed by atoms with Crippen molar-refractivity contribution in [2.75, 3.05) is 31.2 Å². The van der Waals surface area contributed by atoms with E-state index in [1.807, 2.05) is 12.1 Å². The predicted octanol–water partition coefficient (Wildman–Crippen LogP) is 1.89. The zero-order chi connectivity index (χ0) is 13.1. The highest BCUT2D eigenvalue weighted by Crippen LogP contribution is 2.23. The monoisotopic (exact) mass is 244 g/mol. The molecule has 1 aliphatic rings. The second-order valence-electron chi connectivity index (χ2n) is 5.19. The molecule has 96 valence electrons. The summed E-state index contributed by atoms with van der Waals surface area (Å²) in [6, 6.07) is 8.16. The van der Waals surface area contributed by atoms with Crippen LogP contribution in [0.1, 0.15) is 18.9 Å². The molecule has 0 aliphatic carbocycles. The number of likely N-dealkylation sites (tertiary alicyclic amines) is 1. The summed E-state index contributed by atoms with van der Waals surface area (Å²) < 4.78 is 0. The first-order valence-electron chi connectivity index (χ1n) is 6.35. The van der Waals surface area contributed by atoms with Crippen molar-refractivity contribution in [3.63, 3.8) is 0 Å². The first-order chi connectivity index (χ1) is 8.60. The number of nitriles is 1. The Bertz CT molecular complexity index is 463. The van der Waals surface area contributed by atoms with Gasteiger partial charge in [-0.15, -0.1) is 0 Å². The van der Waals surface area contributed by atoms with E-state index in [1.165, 1.54) is 0 Å². The number of piperidine rings is 1. The van der Waals surface area contributed by atoms with Crippen LogP contribution in [0, 0.1) is 17.2 Å². The van der Waals surface area contributed by atoms with Gasteiger partial charge in [-0.25, -0.2) is 0 Å². The van der Waals surface area contributed by atoms with Crippen molar-refractivity contribution in [2.45, 2.75) is 19.4 Å². The molecular formula is C14H20N4. The van der Waals surface area contributed by atoms with E-state index in [4.69, 9.17) is 11.0 Å². The van der Waals surface area contributed by atoms with Gasteiger partial charge in [0.2, 0.25) is 0 Å². The molecule has 4 nitrogen and oxygen atoms in total. The second kappa shape index (κ2) is 5.28. The third-order valence-corrected chi connectivity index (χ3v) is 3.63. The smallest absolute Gasteiger partial charge is 0.101 e. The molecule has 0 amide bonds. The Labute approximate surface area is 108 Å². The fourth-order valence-corrected chi connectivity index (χ4v) is 2.53. The van der Waals surface area contributed by atoms with Gasteiger partial charge in [0.25, 0.3) is 0 Å². The fraction of sp³-hybridized carbons (Fsp3) is 0.500. The van der Waals surface area contributed by atoms with E-state index in [0.29, 0.717) is 23.2 Å². The molecule has 0 aromatic heterocycles. The van der Waals surface area contributed by atoms with Crippen molar-refractivity contribution in [3.8, 4) is 6.07 Å².